The molecule has 1 unspecified atom stereocenters. The molecule has 0 radical (unpaired) electrons. The second-order valence-electron chi connectivity index (χ2n) is 4.74. The minimum Gasteiger partial charge on any atom is -0.453 e. The van der Waals surface area contributed by atoms with Crippen molar-refractivity contribution < 1.29 is 9.53 Å². The van der Waals surface area contributed by atoms with Gasteiger partial charge in [0.15, 0.2) is 0 Å². The number of carbonyl (C=O) groups is 1. The Kier molecular flexibility index (Phi) is 2.87. The number of hydrogen-bond donors (Lipinski definition) is 1. The minimum atomic E-state index is -0.181. The quantitative estimate of drug-likeness (QED) is 0.751. The van der Waals surface area contributed by atoms with E-state index in [2.05, 4.69) is 0 Å². The van der Waals surface area contributed by atoms with Gasteiger partial charge in [-0.25, -0.2) is 4.79 Å². The van der Waals surface area contributed by atoms with Crippen LogP contribution in [-0.2, 0) is 4.74 Å². The molecule has 2 rings (SSSR count). The number of nitrogens with two attached hydrogens (primary N) is 1. The van der Waals surface area contributed by atoms with Gasteiger partial charge >= 0.3 is 6.09 Å². The lowest BCUT2D eigenvalue weighted by molar-refractivity contribution is 0.0644. The summed E-state index contributed by atoms with van der Waals surface area (Å²) < 4.78 is 4.83. The van der Waals surface area contributed by atoms with Gasteiger partial charge in [0.1, 0.15) is 0 Å². The van der Waals surface area contributed by atoms with Crippen LogP contribution < -0.4 is 5.73 Å². The third-order valence-corrected chi connectivity index (χ3v) is 3.92. The Hall–Kier alpha value is -0.770. The summed E-state index contributed by atoms with van der Waals surface area (Å²) in [6, 6.07) is 0.323. The second kappa shape index (κ2) is 4.00. The first-order chi connectivity index (χ1) is 7.23. The Morgan fingerprint density at radius 2 is 2.27 bits per heavy atom. The highest BCUT2D eigenvalue weighted by Crippen LogP contribution is 2.52. The zero-order chi connectivity index (χ0) is 10.9. The topological polar surface area (TPSA) is 55.6 Å². The molecule has 0 aromatic heterocycles. The highest BCUT2D eigenvalue weighted by atomic mass is 16.5. The molecule has 2 fully saturated rings. The number of hydrogen-bond acceptors (Lipinski definition) is 3. The summed E-state index contributed by atoms with van der Waals surface area (Å²) in [5, 5.41) is 0. The van der Waals surface area contributed by atoms with Gasteiger partial charge in [-0.1, -0.05) is 0 Å². The number of rotatable bonds is 2. The summed E-state index contributed by atoms with van der Waals surface area (Å²) in [5.41, 5.74) is 6.04. The van der Waals surface area contributed by atoms with Gasteiger partial charge in [-0.2, -0.15) is 0 Å². The van der Waals surface area contributed by atoms with Crippen LogP contribution in [0.25, 0.3) is 0 Å². The van der Waals surface area contributed by atoms with Crippen molar-refractivity contribution in [3.8, 4) is 0 Å². The van der Waals surface area contributed by atoms with Gasteiger partial charge in [0.05, 0.1) is 7.11 Å². The van der Waals surface area contributed by atoms with Crippen LogP contribution in [0.15, 0.2) is 0 Å². The molecule has 1 saturated heterocycles. The minimum absolute atomic E-state index is 0.181. The van der Waals surface area contributed by atoms with Crippen molar-refractivity contribution >= 4 is 6.09 Å². The molecule has 1 aliphatic heterocycles. The first kappa shape index (κ1) is 10.7. The van der Waals surface area contributed by atoms with Gasteiger partial charge in [-0.15, -0.1) is 0 Å². The number of likely N-dealkylation sites (tertiary alicyclic amines) is 1. The Morgan fingerprint density at radius 3 is 2.80 bits per heavy atom. The summed E-state index contributed by atoms with van der Waals surface area (Å²) in [6.07, 6.45) is 5.54. The van der Waals surface area contributed by atoms with Gasteiger partial charge in [0.2, 0.25) is 0 Å². The van der Waals surface area contributed by atoms with E-state index in [-0.39, 0.29) is 11.5 Å². The first-order valence-corrected chi connectivity index (χ1v) is 5.78. The molecule has 2 aliphatic rings. The number of nitrogens with zero attached hydrogens (tertiary/aromatic N) is 1. The summed E-state index contributed by atoms with van der Waals surface area (Å²) in [6.45, 7) is 1.53. The lowest BCUT2D eigenvalue weighted by Crippen LogP contribution is -2.50. The fourth-order valence-electron chi connectivity index (χ4n) is 2.74. The summed E-state index contributed by atoms with van der Waals surface area (Å²) >= 11 is 0. The van der Waals surface area contributed by atoms with Crippen molar-refractivity contribution in [3.05, 3.63) is 0 Å². The van der Waals surface area contributed by atoms with Crippen molar-refractivity contribution in [3.63, 3.8) is 0 Å². The molecule has 1 saturated carbocycles. The molecule has 1 amide bonds. The van der Waals surface area contributed by atoms with Crippen LogP contribution in [0.2, 0.25) is 0 Å². The average molecular weight is 212 g/mol. The molecule has 0 bridgehead atoms. The van der Waals surface area contributed by atoms with Crippen molar-refractivity contribution in [1.29, 1.82) is 0 Å². The summed E-state index contributed by atoms with van der Waals surface area (Å²) in [7, 11) is 1.45. The maximum Gasteiger partial charge on any atom is 0.409 e. The van der Waals surface area contributed by atoms with Crippen molar-refractivity contribution in [2.45, 2.75) is 38.1 Å². The molecule has 4 heteroatoms. The molecule has 0 spiro atoms. The van der Waals surface area contributed by atoms with E-state index in [1.165, 1.54) is 26.4 Å². The average Bonchev–Trinajstić information content (AvgIpc) is 3.09. The van der Waals surface area contributed by atoms with E-state index in [1.807, 2.05) is 4.90 Å². The van der Waals surface area contributed by atoms with Crippen LogP contribution in [0, 0.1) is 5.41 Å². The van der Waals surface area contributed by atoms with E-state index in [4.69, 9.17) is 10.5 Å². The third kappa shape index (κ3) is 1.83. The first-order valence-electron chi connectivity index (χ1n) is 5.78. The van der Waals surface area contributed by atoms with Gasteiger partial charge < -0.3 is 15.4 Å². The molecule has 2 N–H and O–H groups in total. The summed E-state index contributed by atoms with van der Waals surface area (Å²) in [4.78, 5) is 13.5. The highest BCUT2D eigenvalue weighted by molar-refractivity contribution is 5.68. The number of piperidine rings is 1. The maximum atomic E-state index is 11.6. The zero-order valence-electron chi connectivity index (χ0n) is 9.37. The molecule has 86 valence electrons. The van der Waals surface area contributed by atoms with Gasteiger partial charge in [0, 0.05) is 18.0 Å². The molecule has 1 aliphatic carbocycles. The Labute approximate surface area is 90.8 Å². The normalized spacial score (nSPS) is 28.7. The highest BCUT2D eigenvalue weighted by Gasteiger charge is 2.52. The van der Waals surface area contributed by atoms with Gasteiger partial charge in [-0.3, -0.25) is 0 Å². The van der Waals surface area contributed by atoms with E-state index in [1.54, 1.807) is 0 Å². The predicted molar refractivity (Wildman–Crippen MR) is 57.5 cm³/mol. The van der Waals surface area contributed by atoms with Gasteiger partial charge in [0.25, 0.3) is 0 Å². The fourth-order valence-corrected chi connectivity index (χ4v) is 2.74. The van der Waals surface area contributed by atoms with E-state index in [9.17, 15) is 4.79 Å². The van der Waals surface area contributed by atoms with E-state index in [0.717, 1.165) is 19.4 Å². The molecular weight excluding hydrogens is 192 g/mol. The van der Waals surface area contributed by atoms with E-state index in [0.29, 0.717) is 12.6 Å². The lowest BCUT2D eigenvalue weighted by Gasteiger charge is -2.39. The standard InChI is InChI=1S/C11H20N2O2/c1-15-10(14)13-7-3-2-4-9(13)11(8-12)5-6-11/h9H,2-8,12H2,1H3. The maximum absolute atomic E-state index is 11.6. The smallest absolute Gasteiger partial charge is 0.409 e. The van der Waals surface area contributed by atoms with Crippen LogP contribution in [0.1, 0.15) is 32.1 Å². The third-order valence-electron chi connectivity index (χ3n) is 3.92. The van der Waals surface area contributed by atoms with Crippen LogP contribution in [0.5, 0.6) is 0 Å². The monoisotopic (exact) mass is 212 g/mol. The zero-order valence-corrected chi connectivity index (χ0v) is 9.37. The number of ether oxygens (including phenoxy) is 1. The number of carbonyl (C=O) groups excluding carboxylic acids is 1. The molecule has 1 atom stereocenters. The Balaban J connectivity index is 2.09. The Bertz CT molecular complexity index is 251. The number of methoxy groups -OCH3 is 1. The molecule has 4 nitrogen and oxygen atoms in total. The largest absolute Gasteiger partial charge is 0.453 e. The van der Waals surface area contributed by atoms with Gasteiger partial charge in [-0.05, 0) is 38.6 Å². The number of amides is 1. The second-order valence-corrected chi connectivity index (χ2v) is 4.74. The van der Waals surface area contributed by atoms with Crippen LogP contribution in [-0.4, -0.2) is 37.2 Å². The predicted octanol–water partition coefficient (Wildman–Crippen LogP) is 1.35. The lowest BCUT2D eigenvalue weighted by atomic mass is 9.88. The van der Waals surface area contributed by atoms with E-state index >= 15 is 0 Å². The Morgan fingerprint density at radius 1 is 1.53 bits per heavy atom. The molecule has 1 heterocycles. The van der Waals surface area contributed by atoms with Crippen molar-refractivity contribution in [1.82, 2.24) is 4.90 Å². The summed E-state index contributed by atoms with van der Waals surface area (Å²) in [5.74, 6) is 0. The molecular formula is C11H20N2O2. The van der Waals surface area contributed by atoms with Crippen LogP contribution >= 0.6 is 0 Å². The molecule has 15 heavy (non-hydrogen) atoms. The van der Waals surface area contributed by atoms with Crippen LogP contribution in [0.4, 0.5) is 4.79 Å². The van der Waals surface area contributed by atoms with Crippen molar-refractivity contribution in [2.75, 3.05) is 20.2 Å². The molecule has 0 aromatic rings. The molecule has 0 aromatic carbocycles. The fraction of sp³-hybridized carbons (Fsp3) is 0.909. The van der Waals surface area contributed by atoms with E-state index < -0.39 is 0 Å². The van der Waals surface area contributed by atoms with Crippen LogP contribution in [0.3, 0.4) is 0 Å². The SMILES string of the molecule is COC(=O)N1CCCCC1C1(CN)CC1. The van der Waals surface area contributed by atoms with Crippen molar-refractivity contribution in [2.24, 2.45) is 11.1 Å².